The Hall–Kier alpha value is 0. The number of rotatable bonds is 4. The van der Waals surface area contributed by atoms with Crippen LogP contribution in [0.1, 0.15) is 66.2 Å². The van der Waals surface area contributed by atoms with Crippen molar-refractivity contribution in [3.05, 3.63) is 0 Å². The summed E-state index contributed by atoms with van der Waals surface area (Å²) in [6, 6.07) is 0. The van der Waals surface area contributed by atoms with Crippen LogP contribution in [-0.2, 0) is 0 Å². The minimum Gasteiger partial charge on any atom is -0.0628 e. The summed E-state index contributed by atoms with van der Waals surface area (Å²) in [6.07, 6.45) is 8.82. The predicted octanol–water partition coefficient (Wildman–Crippen LogP) is 4.89. The van der Waals surface area contributed by atoms with Crippen LogP contribution in [0.2, 0.25) is 0 Å². The van der Waals surface area contributed by atoms with E-state index in [9.17, 15) is 0 Å². The quantitative estimate of drug-likeness (QED) is 0.601. The van der Waals surface area contributed by atoms with E-state index < -0.39 is 0 Å². The summed E-state index contributed by atoms with van der Waals surface area (Å²) < 4.78 is 0. The van der Waals surface area contributed by atoms with E-state index in [0.29, 0.717) is 0 Å². The highest BCUT2D eigenvalue weighted by Crippen LogP contribution is 2.36. The van der Waals surface area contributed by atoms with E-state index in [2.05, 4.69) is 27.7 Å². The zero-order valence-electron chi connectivity index (χ0n) is 10.6. The van der Waals surface area contributed by atoms with Crippen LogP contribution in [0.3, 0.4) is 0 Å². The van der Waals surface area contributed by atoms with Crippen LogP contribution in [0.15, 0.2) is 0 Å². The molecule has 1 aliphatic carbocycles. The van der Waals surface area contributed by atoms with Gasteiger partial charge in [-0.15, -0.1) is 0 Å². The fraction of sp³-hybridized carbons (Fsp3) is 1.00. The van der Waals surface area contributed by atoms with Crippen LogP contribution in [-0.4, -0.2) is 0 Å². The Morgan fingerprint density at radius 3 is 2.21 bits per heavy atom. The van der Waals surface area contributed by atoms with E-state index in [1.807, 2.05) is 0 Å². The molecule has 0 nitrogen and oxygen atoms in total. The van der Waals surface area contributed by atoms with E-state index in [1.54, 1.807) is 0 Å². The molecule has 1 fully saturated rings. The van der Waals surface area contributed by atoms with Crippen LogP contribution in [0, 0.1) is 23.7 Å². The molecular weight excluding hydrogens is 168 g/mol. The molecule has 0 aromatic carbocycles. The lowest BCUT2D eigenvalue weighted by molar-refractivity contribution is 0.172. The third-order valence-corrected chi connectivity index (χ3v) is 4.11. The van der Waals surface area contributed by atoms with Crippen molar-refractivity contribution in [3.8, 4) is 0 Å². The minimum atomic E-state index is 0.886. The van der Waals surface area contributed by atoms with E-state index in [4.69, 9.17) is 0 Å². The normalized spacial score (nSPS) is 30.6. The molecule has 1 saturated carbocycles. The third-order valence-electron chi connectivity index (χ3n) is 4.11. The maximum absolute atomic E-state index is 2.48. The summed E-state index contributed by atoms with van der Waals surface area (Å²) in [5.74, 6) is 3.87. The van der Waals surface area contributed by atoms with Crippen LogP contribution in [0.4, 0.5) is 0 Å². The molecule has 1 aliphatic rings. The summed E-state index contributed by atoms with van der Waals surface area (Å²) in [5.41, 5.74) is 0. The van der Waals surface area contributed by atoms with E-state index in [0.717, 1.165) is 23.7 Å². The van der Waals surface area contributed by atoms with Gasteiger partial charge >= 0.3 is 0 Å². The molecule has 0 bridgehead atoms. The Morgan fingerprint density at radius 2 is 1.64 bits per heavy atom. The second-order valence-electron chi connectivity index (χ2n) is 5.87. The molecule has 0 aromatic rings. The van der Waals surface area contributed by atoms with Crippen molar-refractivity contribution < 1.29 is 0 Å². The van der Waals surface area contributed by atoms with Crippen molar-refractivity contribution >= 4 is 0 Å². The highest BCUT2D eigenvalue weighted by atomic mass is 14.3. The maximum Gasteiger partial charge on any atom is -0.0363 e. The van der Waals surface area contributed by atoms with Crippen molar-refractivity contribution in [1.82, 2.24) is 0 Å². The van der Waals surface area contributed by atoms with Gasteiger partial charge in [-0.2, -0.15) is 0 Å². The molecule has 0 N–H and O–H groups in total. The second-order valence-corrected chi connectivity index (χ2v) is 5.87. The minimum absolute atomic E-state index is 0.886. The fourth-order valence-electron chi connectivity index (χ4n) is 3.00. The van der Waals surface area contributed by atoms with Crippen LogP contribution < -0.4 is 0 Å². The maximum atomic E-state index is 2.48. The smallest absolute Gasteiger partial charge is 0.0363 e. The van der Waals surface area contributed by atoms with Crippen molar-refractivity contribution in [2.45, 2.75) is 66.2 Å². The Labute approximate surface area is 90.5 Å². The summed E-state index contributed by atoms with van der Waals surface area (Å²) in [4.78, 5) is 0. The lowest BCUT2D eigenvalue weighted by Crippen LogP contribution is -2.23. The molecular formula is C14H28. The molecule has 0 amide bonds. The summed E-state index contributed by atoms with van der Waals surface area (Å²) >= 11 is 0. The molecule has 0 saturated heterocycles. The average molecular weight is 196 g/mol. The topological polar surface area (TPSA) is 0 Å². The molecule has 0 spiro atoms. The van der Waals surface area contributed by atoms with Gasteiger partial charge in [-0.3, -0.25) is 0 Å². The van der Waals surface area contributed by atoms with Gasteiger partial charge in [0.1, 0.15) is 0 Å². The monoisotopic (exact) mass is 196 g/mol. The van der Waals surface area contributed by atoms with Gasteiger partial charge in [-0.1, -0.05) is 59.8 Å². The average Bonchev–Trinajstić information content (AvgIpc) is 2.15. The third kappa shape index (κ3) is 3.63. The Morgan fingerprint density at radius 1 is 1.00 bits per heavy atom. The fourth-order valence-corrected chi connectivity index (χ4v) is 3.00. The van der Waals surface area contributed by atoms with Crippen LogP contribution in [0.25, 0.3) is 0 Å². The molecule has 0 heteroatoms. The Bertz CT molecular complexity index is 148. The van der Waals surface area contributed by atoms with E-state index in [-0.39, 0.29) is 0 Å². The molecule has 0 radical (unpaired) electrons. The first-order chi connectivity index (χ1) is 6.61. The standard InChI is InChI=1S/C14H28/c1-11(2)9-10-13(4)14-8-6-5-7-12(14)3/h11-14H,5-10H2,1-4H3. The largest absolute Gasteiger partial charge is 0.0628 e. The SMILES string of the molecule is CC(C)CCC(C)C1CCCCC1C. The molecule has 3 atom stereocenters. The number of hydrogen-bond donors (Lipinski definition) is 0. The first-order valence-corrected chi connectivity index (χ1v) is 6.61. The van der Waals surface area contributed by atoms with Crippen molar-refractivity contribution in [2.75, 3.05) is 0 Å². The zero-order valence-corrected chi connectivity index (χ0v) is 10.6. The van der Waals surface area contributed by atoms with E-state index in [1.165, 1.54) is 38.5 Å². The Kier molecular flexibility index (Phi) is 4.98. The highest BCUT2D eigenvalue weighted by Gasteiger charge is 2.25. The lowest BCUT2D eigenvalue weighted by Gasteiger charge is -2.34. The van der Waals surface area contributed by atoms with Gasteiger partial charge < -0.3 is 0 Å². The van der Waals surface area contributed by atoms with Gasteiger partial charge in [0.2, 0.25) is 0 Å². The van der Waals surface area contributed by atoms with Crippen molar-refractivity contribution in [1.29, 1.82) is 0 Å². The van der Waals surface area contributed by atoms with Crippen LogP contribution >= 0.6 is 0 Å². The molecule has 3 unspecified atom stereocenters. The molecule has 1 rings (SSSR count). The summed E-state index contributed by atoms with van der Waals surface area (Å²) in [7, 11) is 0. The van der Waals surface area contributed by atoms with Gasteiger partial charge in [0.25, 0.3) is 0 Å². The predicted molar refractivity (Wildman–Crippen MR) is 64.4 cm³/mol. The molecule has 14 heavy (non-hydrogen) atoms. The van der Waals surface area contributed by atoms with Crippen LogP contribution in [0.5, 0.6) is 0 Å². The summed E-state index contributed by atoms with van der Waals surface area (Å²) in [6.45, 7) is 9.64. The summed E-state index contributed by atoms with van der Waals surface area (Å²) in [5, 5.41) is 0. The van der Waals surface area contributed by atoms with Gasteiger partial charge in [-0.25, -0.2) is 0 Å². The van der Waals surface area contributed by atoms with Crippen molar-refractivity contribution in [3.63, 3.8) is 0 Å². The Balaban J connectivity index is 2.30. The first kappa shape index (κ1) is 12.1. The van der Waals surface area contributed by atoms with Gasteiger partial charge in [0, 0.05) is 0 Å². The zero-order chi connectivity index (χ0) is 10.6. The van der Waals surface area contributed by atoms with Gasteiger partial charge in [-0.05, 0) is 30.1 Å². The highest BCUT2D eigenvalue weighted by molar-refractivity contribution is 4.76. The number of hydrogen-bond acceptors (Lipinski definition) is 0. The molecule has 0 heterocycles. The van der Waals surface area contributed by atoms with Crippen molar-refractivity contribution in [2.24, 2.45) is 23.7 Å². The van der Waals surface area contributed by atoms with Gasteiger partial charge in [0.05, 0.1) is 0 Å². The van der Waals surface area contributed by atoms with E-state index >= 15 is 0 Å². The molecule has 0 aliphatic heterocycles. The molecule has 84 valence electrons. The first-order valence-electron chi connectivity index (χ1n) is 6.61. The van der Waals surface area contributed by atoms with Gasteiger partial charge in [0.15, 0.2) is 0 Å². The second kappa shape index (κ2) is 5.78. The molecule has 0 aromatic heterocycles. The lowest BCUT2D eigenvalue weighted by atomic mass is 9.72.